The van der Waals surface area contributed by atoms with E-state index in [9.17, 15) is 14.4 Å². The summed E-state index contributed by atoms with van der Waals surface area (Å²) in [6.45, 7) is 5.48. The van der Waals surface area contributed by atoms with E-state index >= 15 is 0 Å². The van der Waals surface area contributed by atoms with Gasteiger partial charge in [0.2, 0.25) is 0 Å². The molecule has 6 nitrogen and oxygen atoms in total. The molecule has 2 N–H and O–H groups in total. The number of allylic oxidation sites excluding steroid dienone is 1. The molecule has 1 atom stereocenters. The van der Waals surface area contributed by atoms with Crippen molar-refractivity contribution >= 4 is 17.8 Å². The molecule has 23 heavy (non-hydrogen) atoms. The number of nitrogens with zero attached hydrogens (tertiary/aromatic N) is 1. The zero-order chi connectivity index (χ0) is 17.0. The Labute approximate surface area is 135 Å². The Morgan fingerprint density at radius 2 is 1.87 bits per heavy atom. The molecule has 2 rings (SSSR count). The standard InChI is InChI=1S/C17H21N3O3/c1-4-13-14(11(3)21)15(12-9-7-6-8-10-12)20(17(23)19-13)16(22)18-5-2/h6-10,15H,4-5H2,1-3H3,(H,18,22)(H,19,23). The second-order valence-electron chi connectivity index (χ2n) is 5.25. The van der Waals surface area contributed by atoms with E-state index in [-0.39, 0.29) is 5.78 Å². The number of hydrogen-bond acceptors (Lipinski definition) is 3. The lowest BCUT2D eigenvalue weighted by Gasteiger charge is -2.37. The highest BCUT2D eigenvalue weighted by molar-refractivity contribution is 6.03. The summed E-state index contributed by atoms with van der Waals surface area (Å²) in [5.74, 6) is -0.162. The number of benzene rings is 1. The average molecular weight is 315 g/mol. The number of nitrogens with one attached hydrogen (secondary N) is 2. The first-order chi connectivity index (χ1) is 11.0. The average Bonchev–Trinajstić information content (AvgIpc) is 2.54. The lowest BCUT2D eigenvalue weighted by Crippen LogP contribution is -2.54. The monoisotopic (exact) mass is 315 g/mol. The van der Waals surface area contributed by atoms with E-state index < -0.39 is 18.1 Å². The molecule has 122 valence electrons. The second-order valence-corrected chi connectivity index (χ2v) is 5.25. The molecule has 0 bridgehead atoms. The molecule has 1 unspecified atom stereocenters. The highest BCUT2D eigenvalue weighted by Gasteiger charge is 2.40. The minimum Gasteiger partial charge on any atom is -0.338 e. The number of rotatable bonds is 4. The van der Waals surface area contributed by atoms with E-state index in [1.165, 1.54) is 6.92 Å². The second kappa shape index (κ2) is 7.09. The number of imide groups is 1. The van der Waals surface area contributed by atoms with Crippen LogP contribution in [0, 0.1) is 0 Å². The summed E-state index contributed by atoms with van der Waals surface area (Å²) in [6, 6.07) is 7.35. The number of carbonyl (C=O) groups is 3. The summed E-state index contributed by atoms with van der Waals surface area (Å²) in [4.78, 5) is 38.1. The van der Waals surface area contributed by atoms with E-state index in [1.54, 1.807) is 6.92 Å². The minimum absolute atomic E-state index is 0.162. The highest BCUT2D eigenvalue weighted by Crippen LogP contribution is 2.34. The van der Waals surface area contributed by atoms with Gasteiger partial charge in [0, 0.05) is 17.8 Å². The maximum absolute atomic E-state index is 12.4. The molecule has 0 aromatic heterocycles. The maximum Gasteiger partial charge on any atom is 0.330 e. The molecule has 1 aliphatic rings. The molecular formula is C17H21N3O3. The van der Waals surface area contributed by atoms with Gasteiger partial charge in [-0.1, -0.05) is 37.3 Å². The van der Waals surface area contributed by atoms with Crippen molar-refractivity contribution in [2.24, 2.45) is 0 Å². The molecule has 0 radical (unpaired) electrons. The van der Waals surface area contributed by atoms with Crippen LogP contribution in [0.2, 0.25) is 0 Å². The largest absolute Gasteiger partial charge is 0.338 e. The van der Waals surface area contributed by atoms with Crippen molar-refractivity contribution in [3.8, 4) is 0 Å². The fraction of sp³-hybridized carbons (Fsp3) is 0.353. The zero-order valence-corrected chi connectivity index (χ0v) is 13.6. The lowest BCUT2D eigenvalue weighted by atomic mass is 9.90. The quantitative estimate of drug-likeness (QED) is 0.896. The van der Waals surface area contributed by atoms with E-state index in [2.05, 4.69) is 10.6 Å². The van der Waals surface area contributed by atoms with Crippen LogP contribution >= 0.6 is 0 Å². The van der Waals surface area contributed by atoms with Crippen molar-refractivity contribution in [3.63, 3.8) is 0 Å². The van der Waals surface area contributed by atoms with E-state index in [0.29, 0.717) is 24.2 Å². The molecule has 0 saturated heterocycles. The van der Waals surface area contributed by atoms with Gasteiger partial charge >= 0.3 is 12.1 Å². The van der Waals surface area contributed by atoms with Gasteiger partial charge in [0.15, 0.2) is 5.78 Å². The third-order valence-corrected chi connectivity index (χ3v) is 3.73. The van der Waals surface area contributed by atoms with Crippen LogP contribution in [0.3, 0.4) is 0 Å². The van der Waals surface area contributed by atoms with E-state index in [4.69, 9.17) is 0 Å². The van der Waals surface area contributed by atoms with Gasteiger partial charge in [-0.3, -0.25) is 4.79 Å². The van der Waals surface area contributed by atoms with Crippen molar-refractivity contribution in [3.05, 3.63) is 47.2 Å². The zero-order valence-electron chi connectivity index (χ0n) is 13.6. The fourth-order valence-corrected chi connectivity index (χ4v) is 2.75. The lowest BCUT2D eigenvalue weighted by molar-refractivity contribution is -0.114. The molecule has 0 fully saturated rings. The molecule has 1 aromatic rings. The molecule has 1 aliphatic heterocycles. The van der Waals surface area contributed by atoms with Crippen molar-refractivity contribution in [1.82, 2.24) is 15.5 Å². The number of Topliss-reactive ketones (excluding diaryl/α,β-unsaturated/α-hetero) is 1. The predicted molar refractivity (Wildman–Crippen MR) is 86.6 cm³/mol. The molecule has 0 aliphatic carbocycles. The highest BCUT2D eigenvalue weighted by atomic mass is 16.2. The van der Waals surface area contributed by atoms with Crippen LogP contribution in [0.15, 0.2) is 41.6 Å². The van der Waals surface area contributed by atoms with Crippen molar-refractivity contribution in [1.29, 1.82) is 0 Å². The first kappa shape index (κ1) is 16.7. The Morgan fingerprint density at radius 1 is 1.22 bits per heavy atom. The third kappa shape index (κ3) is 3.26. The van der Waals surface area contributed by atoms with Gasteiger partial charge in [-0.25, -0.2) is 14.5 Å². The van der Waals surface area contributed by atoms with E-state index in [0.717, 1.165) is 10.5 Å². The molecule has 1 aromatic carbocycles. The van der Waals surface area contributed by atoms with E-state index in [1.807, 2.05) is 37.3 Å². The first-order valence-corrected chi connectivity index (χ1v) is 7.68. The summed E-state index contributed by atoms with van der Waals surface area (Å²) in [5, 5.41) is 5.30. The van der Waals surface area contributed by atoms with Crippen LogP contribution in [0.25, 0.3) is 0 Å². The molecule has 4 amide bonds. The van der Waals surface area contributed by atoms with Crippen LogP contribution in [-0.2, 0) is 4.79 Å². The SMILES string of the molecule is CCNC(=O)N1C(=O)NC(CC)=C(C(C)=O)C1c1ccccc1. The summed E-state index contributed by atoms with van der Waals surface area (Å²) in [7, 11) is 0. The van der Waals surface area contributed by atoms with Crippen LogP contribution in [0.5, 0.6) is 0 Å². The van der Waals surface area contributed by atoms with Crippen molar-refractivity contribution in [2.45, 2.75) is 33.2 Å². The van der Waals surface area contributed by atoms with Crippen LogP contribution < -0.4 is 10.6 Å². The van der Waals surface area contributed by atoms with Gasteiger partial charge in [0.25, 0.3) is 0 Å². The predicted octanol–water partition coefficient (Wildman–Crippen LogP) is 2.74. The van der Waals surface area contributed by atoms with Gasteiger partial charge in [-0.15, -0.1) is 0 Å². The Kier molecular flexibility index (Phi) is 5.16. The number of carbonyl (C=O) groups excluding carboxylic acids is 3. The number of amides is 4. The van der Waals surface area contributed by atoms with Gasteiger partial charge in [-0.2, -0.15) is 0 Å². The van der Waals surface area contributed by atoms with Crippen LogP contribution in [0.4, 0.5) is 9.59 Å². The van der Waals surface area contributed by atoms with Crippen molar-refractivity contribution < 1.29 is 14.4 Å². The summed E-state index contributed by atoms with van der Waals surface area (Å²) in [6.07, 6.45) is 0.507. The molecule has 1 heterocycles. The van der Waals surface area contributed by atoms with Gasteiger partial charge in [0.1, 0.15) is 0 Å². The Morgan fingerprint density at radius 3 is 2.39 bits per heavy atom. The third-order valence-electron chi connectivity index (χ3n) is 3.73. The smallest absolute Gasteiger partial charge is 0.330 e. The van der Waals surface area contributed by atoms with Crippen molar-refractivity contribution in [2.75, 3.05) is 6.54 Å². The minimum atomic E-state index is -0.719. The molecular weight excluding hydrogens is 294 g/mol. The Hall–Kier alpha value is -2.63. The Balaban J connectivity index is 2.62. The Bertz CT molecular complexity index is 652. The fourth-order valence-electron chi connectivity index (χ4n) is 2.75. The summed E-state index contributed by atoms with van der Waals surface area (Å²) in [5.41, 5.74) is 1.74. The summed E-state index contributed by atoms with van der Waals surface area (Å²) >= 11 is 0. The molecule has 6 heteroatoms. The number of hydrogen-bond donors (Lipinski definition) is 2. The number of urea groups is 2. The normalized spacial score (nSPS) is 17.8. The van der Waals surface area contributed by atoms with Gasteiger partial charge in [0.05, 0.1) is 6.04 Å². The molecule has 0 spiro atoms. The van der Waals surface area contributed by atoms with Gasteiger partial charge in [-0.05, 0) is 25.8 Å². The molecule has 0 saturated carbocycles. The van der Waals surface area contributed by atoms with Crippen LogP contribution in [0.1, 0.15) is 38.8 Å². The van der Waals surface area contributed by atoms with Crippen LogP contribution in [-0.4, -0.2) is 29.3 Å². The first-order valence-electron chi connectivity index (χ1n) is 7.68. The summed E-state index contributed by atoms with van der Waals surface area (Å²) < 4.78 is 0. The maximum atomic E-state index is 12.4. The topological polar surface area (TPSA) is 78.5 Å². The number of ketones is 1. The van der Waals surface area contributed by atoms with Gasteiger partial charge < -0.3 is 10.6 Å².